The summed E-state index contributed by atoms with van der Waals surface area (Å²) < 4.78 is 5.10. The monoisotopic (exact) mass is 234 g/mol. The van der Waals surface area contributed by atoms with Gasteiger partial charge < -0.3 is 19.6 Å². The van der Waals surface area contributed by atoms with Crippen LogP contribution in [-0.2, 0) is 0 Å². The van der Waals surface area contributed by atoms with Crippen LogP contribution in [0, 0.1) is 0 Å². The molecule has 1 fully saturated rings. The van der Waals surface area contributed by atoms with Crippen LogP contribution in [0.1, 0.15) is 10.4 Å². The summed E-state index contributed by atoms with van der Waals surface area (Å²) in [6.07, 6.45) is -0.319. The van der Waals surface area contributed by atoms with E-state index in [2.05, 4.69) is 5.16 Å². The van der Waals surface area contributed by atoms with E-state index in [0.717, 1.165) is 5.39 Å². The Balaban J connectivity index is 2.02. The van der Waals surface area contributed by atoms with Gasteiger partial charge in [-0.25, -0.2) is 4.79 Å². The van der Waals surface area contributed by atoms with E-state index < -0.39 is 5.97 Å². The summed E-state index contributed by atoms with van der Waals surface area (Å²) >= 11 is 0. The van der Waals surface area contributed by atoms with E-state index in [1.54, 1.807) is 6.07 Å². The summed E-state index contributed by atoms with van der Waals surface area (Å²) in [5.74, 6) is -0.341. The molecule has 1 aromatic carbocycles. The number of carboxylic acid groups (broad SMARTS) is 1. The molecule has 3 rings (SSSR count). The van der Waals surface area contributed by atoms with Gasteiger partial charge in [-0.1, -0.05) is 5.16 Å². The first-order valence-corrected chi connectivity index (χ1v) is 5.21. The number of aliphatic hydroxyl groups is 1. The number of aliphatic hydroxyl groups excluding tert-OH is 1. The average molecular weight is 234 g/mol. The highest BCUT2D eigenvalue weighted by molar-refractivity contribution is 5.96. The zero-order valence-electron chi connectivity index (χ0n) is 8.83. The van der Waals surface area contributed by atoms with Gasteiger partial charge in [0.15, 0.2) is 11.4 Å². The van der Waals surface area contributed by atoms with E-state index in [-0.39, 0.29) is 11.7 Å². The van der Waals surface area contributed by atoms with Gasteiger partial charge in [0.25, 0.3) is 0 Å². The first-order valence-electron chi connectivity index (χ1n) is 5.21. The maximum atomic E-state index is 10.8. The third-order valence-corrected chi connectivity index (χ3v) is 2.86. The van der Waals surface area contributed by atoms with Crippen LogP contribution in [0.25, 0.3) is 11.0 Å². The number of β-amino-alcohol motifs (C(OH)–C–C–N with tert-alkyl or cyclic N) is 1. The first-order chi connectivity index (χ1) is 8.15. The zero-order chi connectivity index (χ0) is 12.0. The van der Waals surface area contributed by atoms with E-state index in [4.69, 9.17) is 9.63 Å². The Kier molecular flexibility index (Phi) is 2.05. The number of fused-ring (bicyclic) bond motifs is 1. The van der Waals surface area contributed by atoms with Crippen LogP contribution < -0.4 is 4.90 Å². The lowest BCUT2D eigenvalue weighted by atomic mass is 10.1. The molecular formula is C11H10N2O4. The van der Waals surface area contributed by atoms with Crippen LogP contribution in [0.15, 0.2) is 22.7 Å². The largest absolute Gasteiger partial charge is 0.478 e. The molecule has 0 saturated carbocycles. The number of benzene rings is 1. The van der Waals surface area contributed by atoms with Crippen LogP contribution >= 0.6 is 0 Å². The number of anilines is 1. The highest BCUT2D eigenvalue weighted by atomic mass is 16.5. The average Bonchev–Trinajstić information content (AvgIpc) is 2.67. The minimum absolute atomic E-state index is 0.170. The lowest BCUT2D eigenvalue weighted by Crippen LogP contribution is -2.51. The molecule has 88 valence electrons. The molecule has 0 radical (unpaired) electrons. The van der Waals surface area contributed by atoms with E-state index >= 15 is 0 Å². The summed E-state index contributed by atoms with van der Waals surface area (Å²) in [6, 6.07) is 4.64. The number of hydrogen-bond acceptors (Lipinski definition) is 5. The molecule has 2 heterocycles. The summed E-state index contributed by atoms with van der Waals surface area (Å²) in [6.45, 7) is 1.06. The third-order valence-electron chi connectivity index (χ3n) is 2.86. The van der Waals surface area contributed by atoms with Gasteiger partial charge in [0, 0.05) is 13.1 Å². The Morgan fingerprint density at radius 2 is 2.24 bits per heavy atom. The van der Waals surface area contributed by atoms with Crippen molar-refractivity contribution in [1.29, 1.82) is 0 Å². The molecule has 0 amide bonds. The molecule has 1 aromatic heterocycles. The quantitative estimate of drug-likeness (QED) is 0.795. The molecular weight excluding hydrogens is 224 g/mol. The molecule has 6 nitrogen and oxygen atoms in total. The van der Waals surface area contributed by atoms with Crippen LogP contribution in [0.2, 0.25) is 0 Å². The van der Waals surface area contributed by atoms with Crippen LogP contribution in [0.3, 0.4) is 0 Å². The molecule has 1 saturated heterocycles. The number of aromatic carboxylic acids is 1. The molecule has 17 heavy (non-hydrogen) atoms. The highest BCUT2D eigenvalue weighted by Gasteiger charge is 2.28. The minimum Gasteiger partial charge on any atom is -0.478 e. The molecule has 2 N–H and O–H groups in total. The number of rotatable bonds is 2. The Morgan fingerprint density at radius 1 is 1.47 bits per heavy atom. The number of hydrogen-bond donors (Lipinski definition) is 2. The maximum Gasteiger partial charge on any atom is 0.335 e. The third kappa shape index (κ3) is 1.53. The molecule has 0 aliphatic carbocycles. The lowest BCUT2D eigenvalue weighted by Gasteiger charge is -2.35. The second-order valence-electron chi connectivity index (χ2n) is 4.08. The molecule has 0 spiro atoms. The van der Waals surface area contributed by atoms with Crippen molar-refractivity contribution >= 4 is 22.8 Å². The Bertz CT molecular complexity index is 586. The maximum absolute atomic E-state index is 10.8. The van der Waals surface area contributed by atoms with Crippen molar-refractivity contribution < 1.29 is 19.5 Å². The molecule has 0 bridgehead atoms. The Hall–Kier alpha value is -2.08. The van der Waals surface area contributed by atoms with E-state index in [1.165, 1.54) is 12.1 Å². The van der Waals surface area contributed by atoms with Crippen LogP contribution in [0.4, 0.5) is 5.82 Å². The Labute approximate surface area is 96.0 Å². The van der Waals surface area contributed by atoms with Gasteiger partial charge in [-0.3, -0.25) is 0 Å². The van der Waals surface area contributed by atoms with E-state index in [9.17, 15) is 9.90 Å². The molecule has 0 atom stereocenters. The van der Waals surface area contributed by atoms with E-state index in [0.29, 0.717) is 24.5 Å². The van der Waals surface area contributed by atoms with Crippen molar-refractivity contribution in [3.63, 3.8) is 0 Å². The molecule has 1 aliphatic rings. The Morgan fingerprint density at radius 3 is 2.88 bits per heavy atom. The number of carbonyl (C=O) groups is 1. The fourth-order valence-electron chi connectivity index (χ4n) is 1.91. The SMILES string of the molecule is O=C(O)c1ccc2c(N3CC(O)C3)noc2c1. The first kappa shape index (κ1) is 10.1. The van der Waals surface area contributed by atoms with Gasteiger partial charge >= 0.3 is 5.97 Å². The zero-order valence-corrected chi connectivity index (χ0v) is 8.83. The van der Waals surface area contributed by atoms with Crippen molar-refractivity contribution in [1.82, 2.24) is 5.16 Å². The summed E-state index contributed by atoms with van der Waals surface area (Å²) in [5, 5.41) is 22.7. The number of aromatic nitrogens is 1. The van der Waals surface area contributed by atoms with Crippen molar-refractivity contribution in [2.45, 2.75) is 6.10 Å². The lowest BCUT2D eigenvalue weighted by molar-refractivity contribution is 0.0697. The standard InChI is InChI=1S/C11H10N2O4/c14-7-4-13(5-7)10-8-2-1-6(11(15)16)3-9(8)17-12-10/h1-3,7,14H,4-5H2,(H,15,16). The molecule has 6 heteroatoms. The van der Waals surface area contributed by atoms with Crippen molar-refractivity contribution in [3.05, 3.63) is 23.8 Å². The predicted molar refractivity (Wildman–Crippen MR) is 59.2 cm³/mol. The topological polar surface area (TPSA) is 86.8 Å². The van der Waals surface area contributed by atoms with Crippen molar-refractivity contribution in [2.24, 2.45) is 0 Å². The van der Waals surface area contributed by atoms with Gasteiger partial charge in [-0.05, 0) is 18.2 Å². The number of carboxylic acids is 1. The fourth-order valence-corrected chi connectivity index (χ4v) is 1.91. The second kappa shape index (κ2) is 3.46. The number of nitrogens with zero attached hydrogens (tertiary/aromatic N) is 2. The summed E-state index contributed by atoms with van der Waals surface area (Å²) in [4.78, 5) is 12.7. The fraction of sp³-hybridized carbons (Fsp3) is 0.273. The highest BCUT2D eigenvalue weighted by Crippen LogP contribution is 2.29. The summed E-state index contributed by atoms with van der Waals surface area (Å²) in [5.41, 5.74) is 0.616. The van der Waals surface area contributed by atoms with E-state index in [1.807, 2.05) is 4.90 Å². The van der Waals surface area contributed by atoms with Crippen LogP contribution in [-0.4, -0.2) is 40.5 Å². The molecule has 1 aliphatic heterocycles. The normalized spacial score (nSPS) is 16.2. The van der Waals surface area contributed by atoms with Gasteiger partial charge in [0.2, 0.25) is 0 Å². The van der Waals surface area contributed by atoms with Gasteiger partial charge in [-0.15, -0.1) is 0 Å². The minimum atomic E-state index is -0.996. The van der Waals surface area contributed by atoms with Crippen molar-refractivity contribution in [2.75, 3.05) is 18.0 Å². The summed E-state index contributed by atoms with van der Waals surface area (Å²) in [7, 11) is 0. The molecule has 0 unspecified atom stereocenters. The van der Waals surface area contributed by atoms with Gasteiger partial charge in [0.1, 0.15) is 0 Å². The second-order valence-corrected chi connectivity index (χ2v) is 4.08. The predicted octanol–water partition coefficient (Wildman–Crippen LogP) is 0.707. The molecule has 2 aromatic rings. The van der Waals surface area contributed by atoms with Gasteiger partial charge in [0.05, 0.1) is 17.1 Å². The van der Waals surface area contributed by atoms with Gasteiger partial charge in [-0.2, -0.15) is 0 Å². The van der Waals surface area contributed by atoms with Crippen LogP contribution in [0.5, 0.6) is 0 Å². The smallest absolute Gasteiger partial charge is 0.335 e. The van der Waals surface area contributed by atoms with Crippen molar-refractivity contribution in [3.8, 4) is 0 Å².